The van der Waals surface area contributed by atoms with Crippen LogP contribution in [0.5, 0.6) is 0 Å². The molecule has 34 heteroatoms. The van der Waals surface area contributed by atoms with Gasteiger partial charge < -0.3 is 150 Å². The maximum Gasteiger partial charge on any atom is 0.364 e. The molecule has 20 N–H and O–H groups in total. The van der Waals surface area contributed by atoms with Crippen molar-refractivity contribution in [1.82, 2.24) is 16.0 Å². The molecule has 0 saturated carbocycles. The van der Waals surface area contributed by atoms with E-state index in [1.807, 2.05) is 0 Å². The topological polar surface area (TPSA) is 541 Å². The summed E-state index contributed by atoms with van der Waals surface area (Å²) < 4.78 is 59.6. The fourth-order valence-corrected chi connectivity index (χ4v) is 12.0. The van der Waals surface area contributed by atoms with Crippen molar-refractivity contribution in [2.75, 3.05) is 39.6 Å². The molecule has 0 bridgehead atoms. The number of aliphatic hydroxyl groups excluding tert-OH is 16. The second-order valence-corrected chi connectivity index (χ2v) is 25.4. The predicted molar refractivity (Wildman–Crippen MR) is 359 cm³/mol. The highest BCUT2D eigenvalue weighted by Gasteiger charge is 2.62. The van der Waals surface area contributed by atoms with E-state index in [4.69, 9.17) is 47.4 Å². The average molecular weight is 1490 g/mol. The van der Waals surface area contributed by atoms with Crippen LogP contribution in [0.4, 0.5) is 0 Å². The van der Waals surface area contributed by atoms with E-state index in [0.29, 0.717) is 6.42 Å². The maximum absolute atomic E-state index is 13.8. The Morgan fingerprint density at radius 3 is 1.56 bits per heavy atom. The third kappa shape index (κ3) is 26.4. The molecular weight excluding hydrogens is 1390 g/mol. The quantitative estimate of drug-likeness (QED) is 0.0157. The van der Waals surface area contributed by atoms with E-state index in [1.165, 1.54) is 44.6 Å². The average Bonchev–Trinajstić information content (AvgIpc) is 0.759. The van der Waals surface area contributed by atoms with E-state index in [9.17, 15) is 106 Å². The van der Waals surface area contributed by atoms with Crippen LogP contribution in [-0.2, 0) is 66.5 Å². The zero-order chi connectivity index (χ0) is 77.3. The van der Waals surface area contributed by atoms with Gasteiger partial charge in [-0.25, -0.2) is 4.79 Å². The van der Waals surface area contributed by atoms with E-state index in [2.05, 4.69) is 106 Å². The van der Waals surface area contributed by atoms with Crippen LogP contribution in [0.15, 0.2) is 12.2 Å². The first-order valence-corrected chi connectivity index (χ1v) is 34.5. The highest BCUT2D eigenvalue weighted by molar-refractivity contribution is 5.94. The lowest BCUT2D eigenvalue weighted by molar-refractivity contribution is -0.403. The summed E-state index contributed by atoms with van der Waals surface area (Å²) in [6.45, 7) is -0.662. The van der Waals surface area contributed by atoms with Crippen molar-refractivity contribution < 1.29 is 153 Å². The van der Waals surface area contributed by atoms with Gasteiger partial charge in [-0.3, -0.25) is 14.4 Å². The van der Waals surface area contributed by atoms with Crippen LogP contribution >= 0.6 is 0 Å². The number of ether oxygens (including phenoxy) is 10. The molecule has 105 heavy (non-hydrogen) atoms. The molecule has 5 aliphatic rings. The molecule has 0 radical (unpaired) electrons. The Kier molecular flexibility index (Phi) is 39.0. The van der Waals surface area contributed by atoms with Crippen LogP contribution in [0.25, 0.3) is 0 Å². The van der Waals surface area contributed by atoms with E-state index in [1.54, 1.807) is 13.0 Å². The van der Waals surface area contributed by atoms with Gasteiger partial charge in [0.05, 0.1) is 63.9 Å². The second-order valence-electron chi connectivity index (χ2n) is 25.4. The van der Waals surface area contributed by atoms with Gasteiger partial charge in [-0.15, -0.1) is 0 Å². The van der Waals surface area contributed by atoms with Crippen molar-refractivity contribution in [3.63, 3.8) is 0 Å². The van der Waals surface area contributed by atoms with Crippen molar-refractivity contribution in [3.05, 3.63) is 12.2 Å². The molecule has 3 amide bonds. The number of unbranched alkanes of at least 4 members (excludes halogenated alkanes) is 11. The number of amides is 3. The maximum atomic E-state index is 13.8. The molecule has 5 rings (SSSR count). The van der Waals surface area contributed by atoms with Gasteiger partial charge in [0.1, 0.15) is 116 Å². The van der Waals surface area contributed by atoms with Crippen LogP contribution in [0, 0.1) is 82.9 Å². The molecular formula is C71H99N3O31. The van der Waals surface area contributed by atoms with Crippen molar-refractivity contribution in [2.45, 2.75) is 282 Å². The lowest BCUT2D eigenvalue weighted by Crippen LogP contribution is -2.72. The van der Waals surface area contributed by atoms with Gasteiger partial charge in [0.15, 0.2) is 25.2 Å². The van der Waals surface area contributed by atoms with Gasteiger partial charge in [-0.2, -0.15) is 0 Å². The van der Waals surface area contributed by atoms with Gasteiger partial charge in [-0.05, 0) is 90.8 Å². The third-order valence-electron chi connectivity index (χ3n) is 17.5. The molecule has 5 aliphatic heterocycles. The van der Waals surface area contributed by atoms with Crippen LogP contribution < -0.4 is 16.0 Å². The predicted octanol–water partition coefficient (Wildman–Crippen LogP) is -7.26. The summed E-state index contributed by atoms with van der Waals surface area (Å²) in [5.41, 5.74) is 0. The number of carboxylic acids is 1. The standard InChI is InChI=1S/C71H99N3O31/c1-5-7-9-11-13-15-17-19-21-23-25-27-29-31-43(82)42(74-50(85)32-30-28-26-24-22-20-18-16-14-12-10-8-6-2)39-96-67-59(92)57(90)61(48(37-78)99-67)101-69-60(93)65(105-71(70(94)95)33-44(83)51(72-40(3)80)64(104-71)53(86)45(84)34-75)62(49(38-79)100-69)102-66-52(73-41(4)81)63(55(88)47(36-77)97-66)103-68-58(91)56(89)54(87)46(35-76)98-68/h29,31,42-49,51-69,75-79,82-84,86-93H,5,7,9,11,13,15,17,19,21,23,25,27,33-39H2,1-4H3,(H,72,80)(H,73,81)(H,74,85)(H,94,95). The van der Waals surface area contributed by atoms with Gasteiger partial charge in [0.25, 0.3) is 11.7 Å². The number of nitrogens with one attached hydrogen (secondary N) is 3. The molecule has 0 aliphatic carbocycles. The summed E-state index contributed by atoms with van der Waals surface area (Å²) >= 11 is 0. The molecule has 0 aromatic carbocycles. The van der Waals surface area contributed by atoms with Crippen LogP contribution in [0.2, 0.25) is 0 Å². The molecule has 28 unspecified atom stereocenters. The number of carboxylic acid groups (broad SMARTS) is 1. The number of hydrogen-bond donors (Lipinski definition) is 20. The number of rotatable bonds is 36. The molecule has 584 valence electrons. The molecule has 0 aromatic rings. The summed E-state index contributed by atoms with van der Waals surface area (Å²) in [4.78, 5) is 52.5. The molecule has 0 aromatic heterocycles. The van der Waals surface area contributed by atoms with Crippen molar-refractivity contribution >= 4 is 23.7 Å². The molecule has 5 fully saturated rings. The largest absolute Gasteiger partial charge is 0.477 e. The minimum absolute atomic E-state index is 0.552. The highest BCUT2D eigenvalue weighted by atomic mass is 16.8. The fraction of sp³-hybridized carbons (Fsp3) is 0.718. The Bertz CT molecular complexity index is 3240. The number of allylic oxidation sites excluding steroid dienone is 1. The summed E-state index contributed by atoms with van der Waals surface area (Å²) in [5, 5.41) is 196. The number of aliphatic hydroxyl groups is 16. The summed E-state index contributed by atoms with van der Waals surface area (Å²) in [5.74, 6) is 25.7. The molecule has 5 saturated heterocycles. The summed E-state index contributed by atoms with van der Waals surface area (Å²) in [6, 6.07) is -5.08. The Morgan fingerprint density at radius 1 is 0.533 bits per heavy atom. The van der Waals surface area contributed by atoms with E-state index in [-0.39, 0.29) is 0 Å². The summed E-state index contributed by atoms with van der Waals surface area (Å²) in [7, 11) is 0. The first-order valence-electron chi connectivity index (χ1n) is 34.5. The van der Waals surface area contributed by atoms with Gasteiger partial charge in [-0.1, -0.05) is 89.2 Å². The molecule has 28 atom stereocenters. The van der Waals surface area contributed by atoms with Crippen LogP contribution in [0.3, 0.4) is 0 Å². The van der Waals surface area contributed by atoms with E-state index >= 15 is 0 Å². The molecule has 34 nitrogen and oxygen atoms in total. The Hall–Kier alpha value is -6.50. The minimum atomic E-state index is -3.41. The zero-order valence-electron chi connectivity index (χ0n) is 58.5. The van der Waals surface area contributed by atoms with Crippen molar-refractivity contribution in [2.24, 2.45) is 0 Å². The normalized spacial score (nSPS) is 34.0. The number of carbonyl (C=O) groups is 4. The number of carbonyl (C=O) groups excluding carboxylic acids is 3. The van der Waals surface area contributed by atoms with Crippen molar-refractivity contribution in [3.8, 4) is 82.9 Å². The summed E-state index contributed by atoms with van der Waals surface area (Å²) in [6.07, 6.45) is -35.8. The van der Waals surface area contributed by atoms with Crippen molar-refractivity contribution in [1.29, 1.82) is 0 Å². The second kappa shape index (κ2) is 46.0. The number of hydrogen-bond acceptors (Lipinski definition) is 30. The third-order valence-corrected chi connectivity index (χ3v) is 17.5. The first kappa shape index (κ1) is 89.1. The van der Waals surface area contributed by atoms with Crippen LogP contribution in [-0.4, -0.2) is 321 Å². The Labute approximate surface area is 607 Å². The molecule has 0 spiro atoms. The van der Waals surface area contributed by atoms with Gasteiger partial charge >= 0.3 is 5.97 Å². The van der Waals surface area contributed by atoms with Gasteiger partial charge in [0.2, 0.25) is 11.8 Å². The van der Waals surface area contributed by atoms with Gasteiger partial charge in [0, 0.05) is 26.2 Å². The lowest BCUT2D eigenvalue weighted by atomic mass is 9.88. The Balaban J connectivity index is 1.47. The number of aliphatic carboxylic acids is 1. The fourth-order valence-electron chi connectivity index (χ4n) is 12.0. The Morgan fingerprint density at radius 2 is 1.01 bits per heavy atom. The highest BCUT2D eigenvalue weighted by Crippen LogP contribution is 2.41. The molecule has 5 heterocycles. The monoisotopic (exact) mass is 1490 g/mol. The van der Waals surface area contributed by atoms with E-state index < -0.39 is 241 Å². The first-order chi connectivity index (χ1) is 50.3. The van der Waals surface area contributed by atoms with Crippen LogP contribution in [0.1, 0.15) is 111 Å². The van der Waals surface area contributed by atoms with E-state index in [0.717, 1.165) is 46.0 Å². The lowest BCUT2D eigenvalue weighted by Gasteiger charge is -2.52. The zero-order valence-corrected chi connectivity index (χ0v) is 58.5. The minimum Gasteiger partial charge on any atom is -0.477 e. The smallest absolute Gasteiger partial charge is 0.364 e. The SMILES string of the molecule is CC#CC#CC#CC#CC#CC#CC#CC(=O)NC(COC1OC(CO)C(OC2OC(CO)C(OC3OC(CO)C(O)C(OC4OC(CO)C(O)C(O)C4O)C3NC(C)=O)C(OC3(C(=O)O)CC(O)C(NC(C)=O)C(C(O)C(O)CO)O3)C2O)C(O)C1O)C(O)C=CCCCCCCCCCCCCC.